The molecular formula is C13H13N3O5. The van der Waals surface area contributed by atoms with Gasteiger partial charge in [-0.25, -0.2) is 9.78 Å². The lowest BCUT2D eigenvalue weighted by Gasteiger charge is -2.13. The van der Waals surface area contributed by atoms with Crippen molar-refractivity contribution in [3.05, 3.63) is 52.1 Å². The number of furan rings is 1. The molecule has 0 aromatic carbocycles. The average molecular weight is 291 g/mol. The summed E-state index contributed by atoms with van der Waals surface area (Å²) in [5.74, 6) is -0.496. The van der Waals surface area contributed by atoms with Crippen LogP contribution in [0.1, 0.15) is 23.0 Å². The zero-order valence-electron chi connectivity index (χ0n) is 11.1. The number of hydrogen-bond acceptors (Lipinski definition) is 6. The molecule has 0 saturated carbocycles. The van der Waals surface area contributed by atoms with Crippen LogP contribution in [0.25, 0.3) is 0 Å². The number of rotatable bonds is 6. The van der Waals surface area contributed by atoms with Crippen molar-refractivity contribution in [2.75, 3.05) is 5.32 Å². The van der Waals surface area contributed by atoms with Crippen LogP contribution < -0.4 is 5.32 Å². The number of anilines is 1. The first-order valence-electron chi connectivity index (χ1n) is 6.14. The minimum Gasteiger partial charge on any atom is -0.478 e. The molecule has 2 aromatic rings. The lowest BCUT2D eigenvalue weighted by molar-refractivity contribution is -0.384. The van der Waals surface area contributed by atoms with E-state index in [0.29, 0.717) is 6.42 Å². The van der Waals surface area contributed by atoms with Gasteiger partial charge in [-0.3, -0.25) is 10.1 Å². The molecule has 8 heteroatoms. The minimum atomic E-state index is -1.26. The van der Waals surface area contributed by atoms with E-state index >= 15 is 0 Å². The summed E-state index contributed by atoms with van der Waals surface area (Å²) in [6.45, 7) is 1.82. The molecule has 0 aliphatic carbocycles. The number of aromatic carboxylic acids is 1. The number of pyridine rings is 1. The molecule has 1 unspecified atom stereocenters. The fourth-order valence-corrected chi connectivity index (χ4v) is 1.84. The topological polar surface area (TPSA) is 118 Å². The summed E-state index contributed by atoms with van der Waals surface area (Å²) in [6, 6.07) is 4.37. The Morgan fingerprint density at radius 3 is 2.95 bits per heavy atom. The Kier molecular flexibility index (Phi) is 4.17. The van der Waals surface area contributed by atoms with Gasteiger partial charge in [0.2, 0.25) is 5.82 Å². The van der Waals surface area contributed by atoms with E-state index in [-0.39, 0.29) is 23.1 Å². The van der Waals surface area contributed by atoms with Crippen LogP contribution in [-0.2, 0) is 6.42 Å². The largest absolute Gasteiger partial charge is 0.478 e. The van der Waals surface area contributed by atoms with E-state index in [2.05, 4.69) is 10.3 Å². The zero-order valence-corrected chi connectivity index (χ0v) is 11.1. The molecule has 0 aliphatic rings. The van der Waals surface area contributed by atoms with Gasteiger partial charge < -0.3 is 14.8 Å². The highest BCUT2D eigenvalue weighted by atomic mass is 16.6. The number of carboxylic acids is 1. The quantitative estimate of drug-likeness (QED) is 0.619. The fourth-order valence-electron chi connectivity index (χ4n) is 1.84. The third kappa shape index (κ3) is 3.56. The van der Waals surface area contributed by atoms with Gasteiger partial charge in [0.15, 0.2) is 0 Å². The Morgan fingerprint density at radius 2 is 2.38 bits per heavy atom. The summed E-state index contributed by atoms with van der Waals surface area (Å²) in [5, 5.41) is 22.7. The molecule has 0 spiro atoms. The second kappa shape index (κ2) is 6.04. The first-order valence-corrected chi connectivity index (χ1v) is 6.14. The number of aromatic nitrogens is 1. The predicted octanol–water partition coefficient (Wildman–Crippen LogP) is 2.32. The van der Waals surface area contributed by atoms with Gasteiger partial charge in [0.05, 0.1) is 16.7 Å². The van der Waals surface area contributed by atoms with Crippen molar-refractivity contribution >= 4 is 17.5 Å². The first kappa shape index (κ1) is 14.5. The lowest BCUT2D eigenvalue weighted by Crippen LogP contribution is -2.19. The fraction of sp³-hybridized carbons (Fsp3) is 0.231. The SMILES string of the molecule is CC(Cc1ccco1)Nc1ncc(C(=O)O)cc1[N+](=O)[O-]. The second-order valence-electron chi connectivity index (χ2n) is 4.48. The van der Waals surface area contributed by atoms with Gasteiger partial charge >= 0.3 is 11.7 Å². The van der Waals surface area contributed by atoms with Gasteiger partial charge in [-0.1, -0.05) is 0 Å². The Balaban J connectivity index is 2.18. The smallest absolute Gasteiger partial charge is 0.337 e. The molecule has 0 aliphatic heterocycles. The zero-order chi connectivity index (χ0) is 15.4. The van der Waals surface area contributed by atoms with Crippen LogP contribution in [0.4, 0.5) is 11.5 Å². The lowest BCUT2D eigenvalue weighted by atomic mass is 10.2. The number of nitrogens with zero attached hydrogens (tertiary/aromatic N) is 2. The highest BCUT2D eigenvalue weighted by molar-refractivity contribution is 5.88. The standard InChI is InChI=1S/C13H13N3O5/c1-8(5-10-3-2-4-21-10)15-12-11(16(19)20)6-9(7-14-12)13(17)18/h2-4,6-8H,5H2,1H3,(H,14,15)(H,17,18). The molecular weight excluding hydrogens is 278 g/mol. The molecule has 0 saturated heterocycles. The van der Waals surface area contributed by atoms with Gasteiger partial charge in [-0.2, -0.15) is 0 Å². The third-order valence-electron chi connectivity index (χ3n) is 2.78. The van der Waals surface area contributed by atoms with Crippen molar-refractivity contribution in [1.29, 1.82) is 0 Å². The number of hydrogen-bond donors (Lipinski definition) is 2. The Morgan fingerprint density at radius 1 is 1.62 bits per heavy atom. The van der Waals surface area contributed by atoms with Crippen molar-refractivity contribution in [1.82, 2.24) is 4.98 Å². The highest BCUT2D eigenvalue weighted by Crippen LogP contribution is 2.24. The molecule has 110 valence electrons. The maximum Gasteiger partial charge on any atom is 0.337 e. The molecule has 0 bridgehead atoms. The van der Waals surface area contributed by atoms with Crippen LogP contribution in [0, 0.1) is 10.1 Å². The monoisotopic (exact) mass is 291 g/mol. The molecule has 0 radical (unpaired) electrons. The molecule has 2 N–H and O–H groups in total. The maximum absolute atomic E-state index is 11.0. The van der Waals surface area contributed by atoms with E-state index < -0.39 is 10.9 Å². The summed E-state index contributed by atoms with van der Waals surface area (Å²) in [7, 11) is 0. The van der Waals surface area contributed by atoms with Gasteiger partial charge in [-0.05, 0) is 19.1 Å². The predicted molar refractivity (Wildman–Crippen MR) is 73.3 cm³/mol. The van der Waals surface area contributed by atoms with Crippen LogP contribution in [0.5, 0.6) is 0 Å². The van der Waals surface area contributed by atoms with E-state index in [0.717, 1.165) is 18.0 Å². The molecule has 21 heavy (non-hydrogen) atoms. The van der Waals surface area contributed by atoms with Gasteiger partial charge in [-0.15, -0.1) is 0 Å². The van der Waals surface area contributed by atoms with E-state index in [1.54, 1.807) is 18.4 Å². The summed E-state index contributed by atoms with van der Waals surface area (Å²) >= 11 is 0. The third-order valence-corrected chi connectivity index (χ3v) is 2.78. The number of nitro groups is 1. The molecule has 2 rings (SSSR count). The maximum atomic E-state index is 11.0. The van der Waals surface area contributed by atoms with Crippen molar-refractivity contribution in [3.8, 4) is 0 Å². The molecule has 8 nitrogen and oxygen atoms in total. The molecule has 1 atom stereocenters. The van der Waals surface area contributed by atoms with E-state index in [1.165, 1.54) is 0 Å². The first-order chi connectivity index (χ1) is 9.97. The van der Waals surface area contributed by atoms with E-state index in [9.17, 15) is 14.9 Å². The van der Waals surface area contributed by atoms with Crippen LogP contribution in [0.3, 0.4) is 0 Å². The number of carbonyl (C=O) groups is 1. The van der Waals surface area contributed by atoms with Crippen LogP contribution >= 0.6 is 0 Å². The van der Waals surface area contributed by atoms with E-state index in [4.69, 9.17) is 9.52 Å². The molecule has 0 amide bonds. The van der Waals surface area contributed by atoms with Gasteiger partial charge in [0.25, 0.3) is 0 Å². The van der Waals surface area contributed by atoms with Crippen molar-refractivity contribution in [2.24, 2.45) is 0 Å². The number of carboxylic acid groups (broad SMARTS) is 1. The average Bonchev–Trinajstić information content (AvgIpc) is 2.91. The summed E-state index contributed by atoms with van der Waals surface area (Å²) in [4.78, 5) is 25.0. The van der Waals surface area contributed by atoms with Crippen molar-refractivity contribution < 1.29 is 19.2 Å². The Bertz CT molecular complexity index is 654. The Labute approximate surface area is 119 Å². The Hall–Kier alpha value is -2.90. The summed E-state index contributed by atoms with van der Waals surface area (Å²) in [5.41, 5.74) is -0.605. The van der Waals surface area contributed by atoms with Crippen molar-refractivity contribution in [2.45, 2.75) is 19.4 Å². The highest BCUT2D eigenvalue weighted by Gasteiger charge is 2.20. The second-order valence-corrected chi connectivity index (χ2v) is 4.48. The normalized spacial score (nSPS) is 11.9. The summed E-state index contributed by atoms with van der Waals surface area (Å²) < 4.78 is 5.20. The minimum absolute atomic E-state index is 0.0315. The summed E-state index contributed by atoms with van der Waals surface area (Å²) in [6.07, 6.45) is 3.15. The molecule has 0 fully saturated rings. The molecule has 2 heterocycles. The van der Waals surface area contributed by atoms with Gasteiger partial charge in [0.1, 0.15) is 5.76 Å². The van der Waals surface area contributed by atoms with Crippen LogP contribution in [-0.4, -0.2) is 27.0 Å². The van der Waals surface area contributed by atoms with E-state index in [1.807, 2.05) is 6.92 Å². The van der Waals surface area contributed by atoms with Gasteiger partial charge in [0, 0.05) is 24.7 Å². The number of nitrogens with one attached hydrogen (secondary N) is 1. The van der Waals surface area contributed by atoms with Crippen LogP contribution in [0.2, 0.25) is 0 Å². The van der Waals surface area contributed by atoms with Crippen LogP contribution in [0.15, 0.2) is 35.1 Å². The van der Waals surface area contributed by atoms with Crippen molar-refractivity contribution in [3.63, 3.8) is 0 Å². The molecule has 2 aromatic heterocycles.